The summed E-state index contributed by atoms with van der Waals surface area (Å²) >= 11 is 0. The Balaban J connectivity index is 2.04. The number of hydrogen-bond acceptors (Lipinski definition) is 2. The summed E-state index contributed by atoms with van der Waals surface area (Å²) in [4.78, 5) is 23.0. The third kappa shape index (κ3) is 3.92. The second-order valence-electron chi connectivity index (χ2n) is 5.10. The highest BCUT2D eigenvalue weighted by atomic mass is 16.1. The molecule has 3 N–H and O–H groups in total. The second-order valence-corrected chi connectivity index (χ2v) is 5.10. The fraction of sp³-hybridized carbons (Fsp3) is 0.176. The predicted molar refractivity (Wildman–Crippen MR) is 83.2 cm³/mol. The fourth-order valence-electron chi connectivity index (χ4n) is 2.09. The Hall–Kier alpha value is -2.62. The number of carbonyl (C=O) groups is 2. The Morgan fingerprint density at radius 1 is 1.05 bits per heavy atom. The number of amides is 2. The van der Waals surface area contributed by atoms with E-state index in [-0.39, 0.29) is 5.91 Å². The molecule has 0 aliphatic carbocycles. The highest BCUT2D eigenvalue weighted by Gasteiger charge is 2.07. The van der Waals surface area contributed by atoms with Crippen molar-refractivity contribution in [3.63, 3.8) is 0 Å². The van der Waals surface area contributed by atoms with Crippen LogP contribution < -0.4 is 11.1 Å². The van der Waals surface area contributed by atoms with Crippen LogP contribution in [0, 0.1) is 13.8 Å². The minimum atomic E-state index is -0.483. The van der Waals surface area contributed by atoms with E-state index in [4.69, 9.17) is 5.73 Å². The molecule has 0 aromatic heterocycles. The van der Waals surface area contributed by atoms with Gasteiger partial charge >= 0.3 is 0 Å². The largest absolute Gasteiger partial charge is 0.366 e. The van der Waals surface area contributed by atoms with Gasteiger partial charge in [-0.2, -0.15) is 0 Å². The molecule has 21 heavy (non-hydrogen) atoms. The molecule has 2 aromatic rings. The summed E-state index contributed by atoms with van der Waals surface area (Å²) in [5.41, 5.74) is 9.48. The van der Waals surface area contributed by atoms with E-state index in [2.05, 4.69) is 5.32 Å². The molecule has 0 bridgehead atoms. The maximum absolute atomic E-state index is 12.1. The van der Waals surface area contributed by atoms with Crippen molar-refractivity contribution in [2.45, 2.75) is 20.3 Å². The van der Waals surface area contributed by atoms with Gasteiger partial charge in [-0.05, 0) is 49.2 Å². The van der Waals surface area contributed by atoms with Gasteiger partial charge in [-0.1, -0.05) is 23.8 Å². The number of hydrogen-bond donors (Lipinski definition) is 2. The first-order valence-electron chi connectivity index (χ1n) is 6.71. The fourth-order valence-corrected chi connectivity index (χ4v) is 2.09. The molecule has 0 aliphatic heterocycles. The summed E-state index contributed by atoms with van der Waals surface area (Å²) in [7, 11) is 0. The predicted octanol–water partition coefficient (Wildman–Crippen LogP) is 2.58. The Morgan fingerprint density at radius 2 is 1.71 bits per heavy atom. The zero-order chi connectivity index (χ0) is 15.4. The van der Waals surface area contributed by atoms with Crippen LogP contribution in [0.25, 0.3) is 0 Å². The Labute approximate surface area is 124 Å². The molecular weight excluding hydrogens is 264 g/mol. The number of benzene rings is 2. The van der Waals surface area contributed by atoms with Crippen molar-refractivity contribution >= 4 is 17.5 Å². The number of primary amides is 1. The molecule has 2 amide bonds. The molecule has 4 heteroatoms. The van der Waals surface area contributed by atoms with Crippen LogP contribution in [-0.2, 0) is 11.2 Å². The first-order valence-corrected chi connectivity index (χ1v) is 6.71. The van der Waals surface area contributed by atoms with E-state index in [9.17, 15) is 9.59 Å². The first-order chi connectivity index (χ1) is 9.95. The third-order valence-corrected chi connectivity index (χ3v) is 3.31. The van der Waals surface area contributed by atoms with Crippen LogP contribution in [0.15, 0.2) is 42.5 Å². The molecule has 4 nitrogen and oxygen atoms in total. The highest BCUT2D eigenvalue weighted by Crippen LogP contribution is 2.13. The average molecular weight is 282 g/mol. The van der Waals surface area contributed by atoms with Crippen molar-refractivity contribution in [1.82, 2.24) is 0 Å². The molecule has 0 saturated carbocycles. The Bertz CT molecular complexity index is 676. The lowest BCUT2D eigenvalue weighted by Gasteiger charge is -2.08. The maximum Gasteiger partial charge on any atom is 0.248 e. The third-order valence-electron chi connectivity index (χ3n) is 3.31. The van der Waals surface area contributed by atoms with E-state index in [0.717, 1.165) is 16.7 Å². The van der Waals surface area contributed by atoms with Gasteiger partial charge in [0.25, 0.3) is 0 Å². The number of anilines is 1. The lowest BCUT2D eigenvalue weighted by atomic mass is 10.0. The van der Waals surface area contributed by atoms with Gasteiger partial charge in [0.05, 0.1) is 6.42 Å². The van der Waals surface area contributed by atoms with Gasteiger partial charge in [0.15, 0.2) is 0 Å². The Kier molecular flexibility index (Phi) is 4.38. The summed E-state index contributed by atoms with van der Waals surface area (Å²) < 4.78 is 0. The van der Waals surface area contributed by atoms with Crippen LogP contribution in [0.5, 0.6) is 0 Å². The molecule has 0 heterocycles. The zero-order valence-corrected chi connectivity index (χ0v) is 12.1. The second kappa shape index (κ2) is 6.22. The number of rotatable bonds is 4. The van der Waals surface area contributed by atoms with Gasteiger partial charge < -0.3 is 11.1 Å². The smallest absolute Gasteiger partial charge is 0.248 e. The molecule has 2 rings (SSSR count). The van der Waals surface area contributed by atoms with Crippen molar-refractivity contribution in [3.05, 3.63) is 64.7 Å². The van der Waals surface area contributed by atoms with E-state index >= 15 is 0 Å². The molecule has 0 fully saturated rings. The van der Waals surface area contributed by atoms with Crippen LogP contribution in [-0.4, -0.2) is 11.8 Å². The van der Waals surface area contributed by atoms with Gasteiger partial charge in [0.1, 0.15) is 0 Å². The van der Waals surface area contributed by atoms with Crippen molar-refractivity contribution < 1.29 is 9.59 Å². The number of aryl methyl sites for hydroxylation is 2. The van der Waals surface area contributed by atoms with E-state index in [1.807, 2.05) is 32.0 Å². The van der Waals surface area contributed by atoms with Crippen molar-refractivity contribution in [2.75, 3.05) is 5.32 Å². The normalized spacial score (nSPS) is 10.2. The number of carbonyl (C=O) groups excluding carboxylic acids is 2. The summed E-state index contributed by atoms with van der Waals surface area (Å²) in [5.74, 6) is -0.571. The van der Waals surface area contributed by atoms with Crippen molar-refractivity contribution in [3.8, 4) is 0 Å². The van der Waals surface area contributed by atoms with Crippen LogP contribution >= 0.6 is 0 Å². The molecule has 0 atom stereocenters. The molecular formula is C17H18N2O2. The lowest BCUT2D eigenvalue weighted by Crippen LogP contribution is -2.15. The van der Waals surface area contributed by atoms with Gasteiger partial charge in [-0.25, -0.2) is 0 Å². The lowest BCUT2D eigenvalue weighted by molar-refractivity contribution is -0.115. The summed E-state index contributed by atoms with van der Waals surface area (Å²) in [6.07, 6.45) is 0.324. The zero-order valence-electron chi connectivity index (χ0n) is 12.1. The Morgan fingerprint density at radius 3 is 2.33 bits per heavy atom. The topological polar surface area (TPSA) is 72.2 Å². The molecule has 0 aliphatic rings. The molecule has 0 radical (unpaired) electrons. The van der Waals surface area contributed by atoms with Gasteiger partial charge in [0, 0.05) is 11.3 Å². The monoisotopic (exact) mass is 282 g/mol. The molecule has 0 spiro atoms. The van der Waals surface area contributed by atoms with Crippen LogP contribution in [0.4, 0.5) is 5.69 Å². The van der Waals surface area contributed by atoms with Gasteiger partial charge in [-0.3, -0.25) is 9.59 Å². The quantitative estimate of drug-likeness (QED) is 0.904. The first kappa shape index (κ1) is 14.8. The molecule has 0 saturated heterocycles. The maximum atomic E-state index is 12.1. The molecule has 2 aromatic carbocycles. The minimum absolute atomic E-state index is 0.0875. The van der Waals surface area contributed by atoms with E-state index in [1.54, 1.807) is 24.3 Å². The van der Waals surface area contributed by atoms with Crippen LogP contribution in [0.1, 0.15) is 27.0 Å². The standard InChI is InChI=1S/C17H18N2O2/c1-11-3-4-12(2)14(9-11)10-16(20)19-15-7-5-13(6-8-15)17(18)21/h3-9H,10H2,1-2H3,(H2,18,21)(H,19,20). The molecule has 108 valence electrons. The van der Waals surface area contributed by atoms with Crippen molar-refractivity contribution in [2.24, 2.45) is 5.73 Å². The highest BCUT2D eigenvalue weighted by molar-refractivity contribution is 5.95. The molecule has 0 unspecified atom stereocenters. The SMILES string of the molecule is Cc1ccc(C)c(CC(=O)Nc2ccc(C(N)=O)cc2)c1. The summed E-state index contributed by atoms with van der Waals surface area (Å²) in [5, 5.41) is 2.81. The van der Waals surface area contributed by atoms with Crippen LogP contribution in [0.3, 0.4) is 0 Å². The van der Waals surface area contributed by atoms with Crippen LogP contribution in [0.2, 0.25) is 0 Å². The minimum Gasteiger partial charge on any atom is -0.366 e. The number of nitrogens with one attached hydrogen (secondary N) is 1. The summed E-state index contributed by atoms with van der Waals surface area (Å²) in [6.45, 7) is 3.99. The number of nitrogens with two attached hydrogens (primary N) is 1. The van der Waals surface area contributed by atoms with Gasteiger partial charge in [0.2, 0.25) is 11.8 Å². The van der Waals surface area contributed by atoms with E-state index in [1.165, 1.54) is 0 Å². The van der Waals surface area contributed by atoms with E-state index in [0.29, 0.717) is 17.7 Å². The van der Waals surface area contributed by atoms with E-state index < -0.39 is 5.91 Å². The average Bonchev–Trinajstić information content (AvgIpc) is 2.43. The van der Waals surface area contributed by atoms with Gasteiger partial charge in [-0.15, -0.1) is 0 Å². The van der Waals surface area contributed by atoms with Crippen molar-refractivity contribution in [1.29, 1.82) is 0 Å². The summed E-state index contributed by atoms with van der Waals surface area (Å²) in [6, 6.07) is 12.6.